The number of methoxy groups -OCH3 is 1. The fourth-order valence-corrected chi connectivity index (χ4v) is 2.73. The Bertz CT molecular complexity index is 463. The topological polar surface area (TPSA) is 56.3 Å². The summed E-state index contributed by atoms with van der Waals surface area (Å²) in [6, 6.07) is -0.943. The van der Waals surface area contributed by atoms with Gasteiger partial charge in [0, 0.05) is 19.7 Å². The SMILES string of the molecule is COCC(C)N1CCC(n2ncc(N)c2C)C(F)(F)C1. The number of rotatable bonds is 4. The van der Waals surface area contributed by atoms with Gasteiger partial charge in [-0.05, 0) is 20.3 Å². The number of likely N-dealkylation sites (tertiary alicyclic amines) is 1. The summed E-state index contributed by atoms with van der Waals surface area (Å²) in [5.41, 5.74) is 6.76. The quantitative estimate of drug-likeness (QED) is 0.916. The van der Waals surface area contributed by atoms with Crippen molar-refractivity contribution in [3.8, 4) is 0 Å². The van der Waals surface area contributed by atoms with Crippen molar-refractivity contribution in [3.05, 3.63) is 11.9 Å². The molecule has 2 atom stereocenters. The van der Waals surface area contributed by atoms with Crippen LogP contribution < -0.4 is 5.73 Å². The largest absolute Gasteiger partial charge is 0.396 e. The Morgan fingerprint density at radius 3 is 2.80 bits per heavy atom. The molecule has 2 unspecified atom stereocenters. The van der Waals surface area contributed by atoms with Gasteiger partial charge in [-0.25, -0.2) is 8.78 Å². The van der Waals surface area contributed by atoms with Crippen LogP contribution in [0, 0.1) is 6.92 Å². The predicted octanol–water partition coefficient (Wildman–Crippen LogP) is 1.69. The molecule has 1 fully saturated rings. The molecule has 2 rings (SSSR count). The number of piperidine rings is 1. The molecule has 7 heteroatoms. The maximum Gasteiger partial charge on any atom is 0.282 e. The van der Waals surface area contributed by atoms with Crippen molar-refractivity contribution in [1.82, 2.24) is 14.7 Å². The molecule has 0 spiro atoms. The number of nitrogen functional groups attached to an aromatic ring is 1. The van der Waals surface area contributed by atoms with Gasteiger partial charge in [0.05, 0.1) is 30.7 Å². The minimum absolute atomic E-state index is 0.0180. The summed E-state index contributed by atoms with van der Waals surface area (Å²) >= 11 is 0. The smallest absolute Gasteiger partial charge is 0.282 e. The molecule has 1 saturated heterocycles. The maximum atomic E-state index is 14.4. The Morgan fingerprint density at radius 2 is 2.30 bits per heavy atom. The maximum absolute atomic E-state index is 14.4. The van der Waals surface area contributed by atoms with Crippen LogP contribution in [0.3, 0.4) is 0 Å². The van der Waals surface area contributed by atoms with Crippen LogP contribution in [0.15, 0.2) is 6.20 Å². The third-order valence-electron chi connectivity index (χ3n) is 4.00. The molecule has 20 heavy (non-hydrogen) atoms. The molecule has 2 N–H and O–H groups in total. The van der Waals surface area contributed by atoms with Gasteiger partial charge >= 0.3 is 0 Å². The molecule has 0 amide bonds. The minimum atomic E-state index is -2.83. The normalized spacial score (nSPS) is 24.8. The first-order valence-electron chi connectivity index (χ1n) is 6.77. The highest BCUT2D eigenvalue weighted by Gasteiger charge is 2.47. The molecule has 0 aromatic carbocycles. The van der Waals surface area contributed by atoms with Crippen LogP contribution >= 0.6 is 0 Å². The van der Waals surface area contributed by atoms with Gasteiger partial charge < -0.3 is 10.5 Å². The van der Waals surface area contributed by atoms with Crippen molar-refractivity contribution in [1.29, 1.82) is 0 Å². The lowest BCUT2D eigenvalue weighted by atomic mass is 9.99. The van der Waals surface area contributed by atoms with Crippen LogP contribution in [0.1, 0.15) is 25.1 Å². The van der Waals surface area contributed by atoms with E-state index in [1.165, 1.54) is 10.9 Å². The van der Waals surface area contributed by atoms with E-state index < -0.39 is 12.0 Å². The molecule has 0 aliphatic carbocycles. The van der Waals surface area contributed by atoms with E-state index in [0.29, 0.717) is 31.0 Å². The molecule has 1 aliphatic rings. The van der Waals surface area contributed by atoms with E-state index in [4.69, 9.17) is 10.5 Å². The average molecular weight is 288 g/mol. The predicted molar refractivity (Wildman–Crippen MR) is 72.9 cm³/mol. The second-order valence-electron chi connectivity index (χ2n) is 5.47. The summed E-state index contributed by atoms with van der Waals surface area (Å²) in [4.78, 5) is 1.77. The molecule has 114 valence electrons. The van der Waals surface area contributed by atoms with Crippen LogP contribution in [-0.2, 0) is 4.74 Å². The lowest BCUT2D eigenvalue weighted by molar-refractivity contribution is -0.118. The van der Waals surface area contributed by atoms with Crippen molar-refractivity contribution in [3.63, 3.8) is 0 Å². The standard InChI is InChI=1S/C13H22F2N4O/c1-9(7-20-3)18-5-4-12(13(14,15)8-18)19-10(2)11(16)6-17-19/h6,9,12H,4-5,7-8,16H2,1-3H3. The van der Waals surface area contributed by atoms with Gasteiger partial charge in [-0.2, -0.15) is 5.10 Å². The van der Waals surface area contributed by atoms with E-state index >= 15 is 0 Å². The van der Waals surface area contributed by atoms with Crippen molar-refractivity contribution in [2.45, 2.75) is 38.3 Å². The number of hydrogen-bond donors (Lipinski definition) is 1. The Labute approximate surface area is 117 Å². The van der Waals surface area contributed by atoms with Gasteiger partial charge in [0.2, 0.25) is 0 Å². The Kier molecular flexibility index (Phi) is 4.29. The van der Waals surface area contributed by atoms with Gasteiger partial charge in [0.1, 0.15) is 6.04 Å². The highest BCUT2D eigenvalue weighted by Crippen LogP contribution is 2.38. The average Bonchev–Trinajstić information content (AvgIpc) is 2.69. The van der Waals surface area contributed by atoms with E-state index in [1.807, 2.05) is 6.92 Å². The van der Waals surface area contributed by atoms with Crippen molar-refractivity contribution in [2.24, 2.45) is 0 Å². The van der Waals surface area contributed by atoms with Gasteiger partial charge in [0.15, 0.2) is 0 Å². The number of ether oxygens (including phenoxy) is 1. The van der Waals surface area contributed by atoms with E-state index in [1.54, 1.807) is 18.9 Å². The lowest BCUT2D eigenvalue weighted by Crippen LogP contribution is -2.53. The van der Waals surface area contributed by atoms with E-state index in [9.17, 15) is 8.78 Å². The van der Waals surface area contributed by atoms with Gasteiger partial charge in [0.25, 0.3) is 5.92 Å². The molecule has 0 bridgehead atoms. The summed E-state index contributed by atoms with van der Waals surface area (Å²) in [6.07, 6.45) is 1.79. The summed E-state index contributed by atoms with van der Waals surface area (Å²) in [7, 11) is 1.58. The van der Waals surface area contributed by atoms with Crippen molar-refractivity contribution in [2.75, 3.05) is 32.5 Å². The molecular weight excluding hydrogens is 266 g/mol. The summed E-state index contributed by atoms with van der Waals surface area (Å²) < 4.78 is 35.2. The number of anilines is 1. The number of alkyl halides is 2. The first-order chi connectivity index (χ1) is 9.36. The van der Waals surface area contributed by atoms with E-state index in [2.05, 4.69) is 5.10 Å². The van der Waals surface area contributed by atoms with Crippen LogP contribution in [0.5, 0.6) is 0 Å². The molecule has 2 heterocycles. The molecular formula is C13H22F2N4O. The Hall–Kier alpha value is -1.21. The molecule has 0 radical (unpaired) electrons. The monoisotopic (exact) mass is 288 g/mol. The number of halogens is 2. The zero-order valence-electron chi connectivity index (χ0n) is 12.1. The molecule has 1 aliphatic heterocycles. The summed E-state index contributed by atoms with van der Waals surface area (Å²) in [5.74, 6) is -2.83. The zero-order chi connectivity index (χ0) is 14.9. The fraction of sp³-hybridized carbons (Fsp3) is 0.769. The zero-order valence-corrected chi connectivity index (χ0v) is 12.1. The van der Waals surface area contributed by atoms with Gasteiger partial charge in [-0.15, -0.1) is 0 Å². The first-order valence-corrected chi connectivity index (χ1v) is 6.77. The Balaban J connectivity index is 2.14. The van der Waals surface area contributed by atoms with Crippen molar-refractivity contribution >= 4 is 5.69 Å². The summed E-state index contributed by atoms with van der Waals surface area (Å²) in [6.45, 7) is 4.40. The second-order valence-corrected chi connectivity index (χ2v) is 5.47. The fourth-order valence-electron chi connectivity index (χ4n) is 2.73. The molecule has 1 aromatic rings. The van der Waals surface area contributed by atoms with E-state index in [0.717, 1.165) is 0 Å². The first kappa shape index (κ1) is 15.2. The number of aromatic nitrogens is 2. The number of nitrogens with two attached hydrogens (primary N) is 1. The second kappa shape index (κ2) is 5.65. The third kappa shape index (κ3) is 2.78. The van der Waals surface area contributed by atoms with Gasteiger partial charge in [-0.3, -0.25) is 9.58 Å². The molecule has 0 saturated carbocycles. The number of nitrogens with zero attached hydrogens (tertiary/aromatic N) is 3. The van der Waals surface area contributed by atoms with Crippen LogP contribution in [0.4, 0.5) is 14.5 Å². The summed E-state index contributed by atoms with van der Waals surface area (Å²) in [5, 5.41) is 4.01. The van der Waals surface area contributed by atoms with Gasteiger partial charge in [-0.1, -0.05) is 0 Å². The van der Waals surface area contributed by atoms with E-state index in [-0.39, 0.29) is 12.6 Å². The van der Waals surface area contributed by atoms with Crippen LogP contribution in [0.2, 0.25) is 0 Å². The van der Waals surface area contributed by atoms with Crippen molar-refractivity contribution < 1.29 is 13.5 Å². The molecule has 5 nitrogen and oxygen atoms in total. The number of hydrogen-bond acceptors (Lipinski definition) is 4. The highest BCUT2D eigenvalue weighted by molar-refractivity contribution is 5.40. The Morgan fingerprint density at radius 1 is 1.60 bits per heavy atom. The third-order valence-corrected chi connectivity index (χ3v) is 4.00. The van der Waals surface area contributed by atoms with Crippen LogP contribution in [0.25, 0.3) is 0 Å². The van der Waals surface area contributed by atoms with Crippen LogP contribution in [-0.4, -0.2) is 53.5 Å². The minimum Gasteiger partial charge on any atom is -0.396 e. The lowest BCUT2D eigenvalue weighted by Gasteiger charge is -2.41. The highest BCUT2D eigenvalue weighted by atomic mass is 19.3. The molecule has 1 aromatic heterocycles.